The number of ether oxygens (including phenoxy) is 1. The predicted molar refractivity (Wildman–Crippen MR) is 79.9 cm³/mol. The number of rotatable bonds is 5. The van der Waals surface area contributed by atoms with Gasteiger partial charge in [0.05, 0.1) is 0 Å². The van der Waals surface area contributed by atoms with Crippen LogP contribution in [0.2, 0.25) is 5.02 Å². The maximum Gasteiger partial charge on any atom is 0.387 e. The predicted octanol–water partition coefficient (Wildman–Crippen LogP) is 5.62. The summed E-state index contributed by atoms with van der Waals surface area (Å²) in [6.45, 7) is -2.82. The number of hydrogen-bond acceptors (Lipinski definition) is 1. The summed E-state index contributed by atoms with van der Waals surface area (Å²) < 4.78 is 28.8. The molecule has 0 aliphatic carbocycles. The van der Waals surface area contributed by atoms with Crippen molar-refractivity contribution in [1.82, 2.24) is 0 Å². The van der Waals surface area contributed by atoms with Gasteiger partial charge in [0.1, 0.15) is 5.75 Å². The van der Waals surface area contributed by atoms with Gasteiger partial charge in [-0.3, -0.25) is 0 Å². The third-order valence-electron chi connectivity index (χ3n) is 2.80. The Morgan fingerprint density at radius 2 is 1.85 bits per heavy atom. The van der Waals surface area contributed by atoms with E-state index in [1.54, 1.807) is 12.1 Å². The van der Waals surface area contributed by atoms with Gasteiger partial charge in [0.2, 0.25) is 0 Å². The molecule has 106 valence electrons. The number of hydrogen-bond donors (Lipinski definition) is 0. The first-order chi connectivity index (χ1) is 9.56. The number of benzene rings is 2. The zero-order chi connectivity index (χ0) is 14.5. The SMILES string of the molecule is FC(F)Oc1cccc(C(Br)Cc2ccccc2Cl)c1. The van der Waals surface area contributed by atoms with Crippen molar-refractivity contribution in [2.75, 3.05) is 0 Å². The van der Waals surface area contributed by atoms with Crippen LogP contribution in [-0.2, 0) is 6.42 Å². The first-order valence-corrected chi connectivity index (χ1v) is 7.28. The summed E-state index contributed by atoms with van der Waals surface area (Å²) in [7, 11) is 0. The van der Waals surface area contributed by atoms with Crippen molar-refractivity contribution in [3.8, 4) is 5.75 Å². The van der Waals surface area contributed by atoms with E-state index in [0.29, 0.717) is 11.4 Å². The normalized spacial score (nSPS) is 12.4. The summed E-state index contributed by atoms with van der Waals surface area (Å²) in [4.78, 5) is -0.0244. The Hall–Kier alpha value is -1.13. The van der Waals surface area contributed by atoms with Gasteiger partial charge in [-0.05, 0) is 35.7 Å². The van der Waals surface area contributed by atoms with Crippen molar-refractivity contribution in [1.29, 1.82) is 0 Å². The van der Waals surface area contributed by atoms with E-state index < -0.39 is 6.61 Å². The van der Waals surface area contributed by atoms with Gasteiger partial charge >= 0.3 is 6.61 Å². The molecule has 0 spiro atoms. The molecule has 2 aromatic rings. The van der Waals surface area contributed by atoms with Crippen LogP contribution >= 0.6 is 27.5 Å². The number of alkyl halides is 3. The van der Waals surface area contributed by atoms with Gasteiger partial charge in [0, 0.05) is 9.85 Å². The van der Waals surface area contributed by atoms with Crippen molar-refractivity contribution in [3.05, 3.63) is 64.7 Å². The molecule has 5 heteroatoms. The van der Waals surface area contributed by atoms with Gasteiger partial charge in [0.25, 0.3) is 0 Å². The van der Waals surface area contributed by atoms with Crippen LogP contribution in [0.15, 0.2) is 48.5 Å². The fourth-order valence-corrected chi connectivity index (χ4v) is 2.71. The Bertz CT molecular complexity index is 577. The topological polar surface area (TPSA) is 9.23 Å². The largest absolute Gasteiger partial charge is 0.435 e. The van der Waals surface area contributed by atoms with E-state index in [1.807, 2.05) is 30.3 Å². The van der Waals surface area contributed by atoms with E-state index in [4.69, 9.17) is 11.6 Å². The number of halogens is 4. The third-order valence-corrected chi connectivity index (χ3v) is 4.02. The Kier molecular flexibility index (Phi) is 5.38. The maximum absolute atomic E-state index is 12.2. The standard InChI is InChI=1S/C15H12BrClF2O/c16-13(9-11-4-1-2-7-14(11)17)10-5-3-6-12(8-10)20-15(18)19/h1-8,13,15H,9H2. The minimum atomic E-state index is -2.82. The molecule has 0 N–H and O–H groups in total. The van der Waals surface area contributed by atoms with Crippen LogP contribution < -0.4 is 4.74 Å². The first kappa shape index (κ1) is 15.3. The quantitative estimate of drug-likeness (QED) is 0.628. The molecule has 0 bridgehead atoms. The van der Waals surface area contributed by atoms with Crippen LogP contribution in [-0.4, -0.2) is 6.61 Å². The summed E-state index contributed by atoms with van der Waals surface area (Å²) in [6.07, 6.45) is 0.664. The van der Waals surface area contributed by atoms with Crippen molar-refractivity contribution in [3.63, 3.8) is 0 Å². The summed E-state index contributed by atoms with van der Waals surface area (Å²) in [6, 6.07) is 14.2. The van der Waals surface area contributed by atoms with Gasteiger partial charge in [-0.1, -0.05) is 57.9 Å². The van der Waals surface area contributed by atoms with Crippen LogP contribution in [0, 0.1) is 0 Å². The highest BCUT2D eigenvalue weighted by Gasteiger charge is 2.12. The van der Waals surface area contributed by atoms with Gasteiger partial charge in [-0.2, -0.15) is 8.78 Å². The molecule has 0 aromatic heterocycles. The summed E-state index contributed by atoms with van der Waals surface area (Å²) >= 11 is 9.67. The van der Waals surface area contributed by atoms with Crippen LogP contribution in [0.4, 0.5) is 8.78 Å². The molecule has 1 nitrogen and oxygen atoms in total. The average molecular weight is 362 g/mol. The Morgan fingerprint density at radius 3 is 2.55 bits per heavy atom. The van der Waals surface area contributed by atoms with Gasteiger partial charge in [-0.25, -0.2) is 0 Å². The van der Waals surface area contributed by atoms with Gasteiger partial charge in [-0.15, -0.1) is 0 Å². The molecule has 0 aliphatic rings. The molecular weight excluding hydrogens is 350 g/mol. The van der Waals surface area contributed by atoms with E-state index in [1.165, 1.54) is 6.07 Å². The van der Waals surface area contributed by atoms with Crippen molar-refractivity contribution < 1.29 is 13.5 Å². The van der Waals surface area contributed by atoms with Gasteiger partial charge in [0.15, 0.2) is 0 Å². The molecule has 0 fully saturated rings. The fourth-order valence-electron chi connectivity index (χ4n) is 1.86. The maximum atomic E-state index is 12.2. The Labute approximate surface area is 129 Å². The van der Waals surface area contributed by atoms with Crippen molar-refractivity contribution in [2.45, 2.75) is 17.9 Å². The average Bonchev–Trinajstić information content (AvgIpc) is 2.41. The lowest BCUT2D eigenvalue weighted by Gasteiger charge is -2.13. The van der Waals surface area contributed by atoms with E-state index in [0.717, 1.165) is 11.1 Å². The van der Waals surface area contributed by atoms with E-state index in [2.05, 4.69) is 20.7 Å². The molecule has 0 amide bonds. The molecule has 2 aromatic carbocycles. The zero-order valence-electron chi connectivity index (χ0n) is 10.4. The van der Waals surface area contributed by atoms with Gasteiger partial charge < -0.3 is 4.74 Å². The summed E-state index contributed by atoms with van der Waals surface area (Å²) in [5.41, 5.74) is 1.86. The Morgan fingerprint density at radius 1 is 1.10 bits per heavy atom. The van der Waals surface area contributed by atoms with Crippen LogP contribution in [0.5, 0.6) is 5.75 Å². The summed E-state index contributed by atoms with van der Waals surface area (Å²) in [5, 5.41) is 0.692. The second kappa shape index (κ2) is 7.04. The lowest BCUT2D eigenvalue weighted by molar-refractivity contribution is -0.0498. The lowest BCUT2D eigenvalue weighted by Crippen LogP contribution is -2.03. The molecule has 0 heterocycles. The molecule has 0 saturated heterocycles. The molecule has 0 aliphatic heterocycles. The highest BCUT2D eigenvalue weighted by Crippen LogP contribution is 2.31. The molecular formula is C15H12BrClF2O. The van der Waals surface area contributed by atoms with Crippen molar-refractivity contribution in [2.24, 2.45) is 0 Å². The molecule has 1 unspecified atom stereocenters. The lowest BCUT2D eigenvalue weighted by atomic mass is 10.0. The smallest absolute Gasteiger partial charge is 0.387 e. The monoisotopic (exact) mass is 360 g/mol. The zero-order valence-corrected chi connectivity index (χ0v) is 12.7. The minimum Gasteiger partial charge on any atom is -0.435 e. The fraction of sp³-hybridized carbons (Fsp3) is 0.200. The molecule has 0 saturated carbocycles. The minimum absolute atomic E-state index is 0.0244. The van der Waals surface area contributed by atoms with Crippen LogP contribution in [0.1, 0.15) is 16.0 Å². The van der Waals surface area contributed by atoms with Crippen molar-refractivity contribution >= 4 is 27.5 Å². The second-order valence-corrected chi connectivity index (χ2v) is 5.73. The van der Waals surface area contributed by atoms with E-state index >= 15 is 0 Å². The van der Waals surface area contributed by atoms with E-state index in [9.17, 15) is 8.78 Å². The second-order valence-electron chi connectivity index (χ2n) is 4.21. The molecule has 2 rings (SSSR count). The highest BCUT2D eigenvalue weighted by atomic mass is 79.9. The first-order valence-electron chi connectivity index (χ1n) is 5.98. The van der Waals surface area contributed by atoms with E-state index in [-0.39, 0.29) is 10.6 Å². The molecule has 0 radical (unpaired) electrons. The summed E-state index contributed by atoms with van der Waals surface area (Å²) in [5.74, 6) is 0.154. The molecule has 1 atom stereocenters. The Balaban J connectivity index is 2.13. The van der Waals surface area contributed by atoms with Crippen LogP contribution in [0.25, 0.3) is 0 Å². The third kappa shape index (κ3) is 4.18. The molecule has 20 heavy (non-hydrogen) atoms. The highest BCUT2D eigenvalue weighted by molar-refractivity contribution is 9.09. The van der Waals surface area contributed by atoms with Crippen LogP contribution in [0.3, 0.4) is 0 Å².